The Morgan fingerprint density at radius 3 is 2.53 bits per heavy atom. The highest BCUT2D eigenvalue weighted by atomic mass is 32.1. The van der Waals surface area contributed by atoms with Crippen molar-refractivity contribution in [2.75, 3.05) is 20.1 Å². The molecule has 1 atom stereocenters. The van der Waals surface area contributed by atoms with E-state index < -0.39 is 0 Å². The fourth-order valence-corrected chi connectivity index (χ4v) is 5.51. The van der Waals surface area contributed by atoms with Gasteiger partial charge in [0.2, 0.25) is 0 Å². The third-order valence-corrected chi connectivity index (χ3v) is 7.41. The van der Waals surface area contributed by atoms with E-state index in [2.05, 4.69) is 36.2 Å². The summed E-state index contributed by atoms with van der Waals surface area (Å²) < 4.78 is 0. The molecule has 2 aromatic heterocycles. The van der Waals surface area contributed by atoms with Crippen LogP contribution in [0.15, 0.2) is 53.2 Å². The lowest BCUT2D eigenvalue weighted by molar-refractivity contribution is 0.0520. The van der Waals surface area contributed by atoms with Crippen LogP contribution in [0, 0.1) is 11.8 Å². The first-order valence-electron chi connectivity index (χ1n) is 12.1. The zero-order valence-electron chi connectivity index (χ0n) is 20.2. The average molecular weight is 479 g/mol. The van der Waals surface area contributed by atoms with E-state index in [1.165, 1.54) is 5.56 Å². The van der Waals surface area contributed by atoms with Crippen LogP contribution in [0.4, 0.5) is 0 Å². The van der Waals surface area contributed by atoms with E-state index in [0.29, 0.717) is 30.6 Å². The normalized spacial score (nSPS) is 15.5. The lowest BCUT2D eigenvalue weighted by atomic mass is 9.84. The number of amides is 2. The lowest BCUT2D eigenvalue weighted by Crippen LogP contribution is -2.48. The van der Waals surface area contributed by atoms with Crippen molar-refractivity contribution in [1.29, 1.82) is 0 Å². The van der Waals surface area contributed by atoms with Crippen molar-refractivity contribution in [3.8, 4) is 0 Å². The van der Waals surface area contributed by atoms with Gasteiger partial charge in [0.1, 0.15) is 5.69 Å². The molecular weight excluding hydrogens is 444 g/mol. The van der Waals surface area contributed by atoms with Gasteiger partial charge in [-0.05, 0) is 60.6 Å². The van der Waals surface area contributed by atoms with Gasteiger partial charge in [0, 0.05) is 37.3 Å². The van der Waals surface area contributed by atoms with Gasteiger partial charge in [0.25, 0.3) is 11.8 Å². The molecule has 1 fully saturated rings. The Labute approximate surface area is 206 Å². The molecule has 1 N–H and O–H groups in total. The molecule has 0 aliphatic carbocycles. The summed E-state index contributed by atoms with van der Waals surface area (Å²) in [5, 5.41) is 11.1. The number of H-pyrrole nitrogens is 1. The van der Waals surface area contributed by atoms with Gasteiger partial charge in [0.05, 0.1) is 5.56 Å². The second-order valence-corrected chi connectivity index (χ2v) is 10.5. The number of aromatic amines is 1. The van der Waals surface area contributed by atoms with Gasteiger partial charge in [-0.3, -0.25) is 14.7 Å². The van der Waals surface area contributed by atoms with Crippen molar-refractivity contribution >= 4 is 23.2 Å². The van der Waals surface area contributed by atoms with Crippen molar-refractivity contribution in [3.05, 3.63) is 75.7 Å². The number of hydrogen-bond donors (Lipinski definition) is 1. The third-order valence-electron chi connectivity index (χ3n) is 6.72. The molecule has 1 aliphatic rings. The van der Waals surface area contributed by atoms with Gasteiger partial charge >= 0.3 is 0 Å². The van der Waals surface area contributed by atoms with Crippen LogP contribution in [-0.4, -0.2) is 58.0 Å². The Morgan fingerprint density at radius 1 is 1.15 bits per heavy atom. The number of rotatable bonds is 8. The molecule has 34 heavy (non-hydrogen) atoms. The van der Waals surface area contributed by atoms with Crippen LogP contribution in [0.1, 0.15) is 58.8 Å². The summed E-state index contributed by atoms with van der Waals surface area (Å²) in [6.45, 7) is 5.67. The van der Waals surface area contributed by atoms with Gasteiger partial charge in [0.15, 0.2) is 0 Å². The average Bonchev–Trinajstić information content (AvgIpc) is 3.54. The monoisotopic (exact) mass is 478 g/mol. The topological polar surface area (TPSA) is 69.3 Å². The first-order valence-corrected chi connectivity index (χ1v) is 13.0. The molecule has 1 aromatic carbocycles. The molecular formula is C27H34N4O2S. The van der Waals surface area contributed by atoms with E-state index in [4.69, 9.17) is 0 Å². The number of benzene rings is 1. The van der Waals surface area contributed by atoms with E-state index >= 15 is 0 Å². The van der Waals surface area contributed by atoms with Crippen molar-refractivity contribution < 1.29 is 9.59 Å². The Bertz CT molecular complexity index is 1070. The number of likely N-dealkylation sites (tertiary alicyclic amines) is 1. The number of nitrogens with zero attached hydrogens (tertiary/aromatic N) is 3. The molecule has 3 aromatic rings. The highest BCUT2D eigenvalue weighted by Gasteiger charge is 2.33. The fourth-order valence-electron chi connectivity index (χ4n) is 4.88. The van der Waals surface area contributed by atoms with E-state index in [-0.39, 0.29) is 17.9 Å². The molecule has 0 spiro atoms. The number of carbonyl (C=O) groups is 2. The van der Waals surface area contributed by atoms with Crippen LogP contribution < -0.4 is 0 Å². The van der Waals surface area contributed by atoms with Crippen LogP contribution in [0.3, 0.4) is 0 Å². The Kier molecular flexibility index (Phi) is 7.83. The second kappa shape index (κ2) is 11.0. The third kappa shape index (κ3) is 5.76. The molecule has 0 bridgehead atoms. The Hall–Kier alpha value is -2.93. The lowest BCUT2D eigenvalue weighted by Gasteiger charge is -2.40. The van der Waals surface area contributed by atoms with Crippen molar-refractivity contribution in [2.24, 2.45) is 11.8 Å². The van der Waals surface area contributed by atoms with Crippen LogP contribution in [0.2, 0.25) is 0 Å². The summed E-state index contributed by atoms with van der Waals surface area (Å²) in [4.78, 5) is 30.0. The zero-order valence-corrected chi connectivity index (χ0v) is 21.1. The maximum absolute atomic E-state index is 13.2. The van der Waals surface area contributed by atoms with Crippen LogP contribution >= 0.6 is 11.3 Å². The summed E-state index contributed by atoms with van der Waals surface area (Å²) >= 11 is 1.54. The number of aromatic nitrogens is 2. The Balaban J connectivity index is 1.44. The van der Waals surface area contributed by atoms with Gasteiger partial charge in [-0.25, -0.2) is 0 Å². The summed E-state index contributed by atoms with van der Waals surface area (Å²) in [5.74, 6) is 0.893. The molecule has 3 heterocycles. The predicted octanol–water partition coefficient (Wildman–Crippen LogP) is 4.91. The number of hydrogen-bond acceptors (Lipinski definition) is 4. The first-order chi connectivity index (χ1) is 16.4. The van der Waals surface area contributed by atoms with Crippen LogP contribution in [-0.2, 0) is 12.8 Å². The van der Waals surface area contributed by atoms with E-state index in [1.54, 1.807) is 11.3 Å². The predicted molar refractivity (Wildman–Crippen MR) is 136 cm³/mol. The summed E-state index contributed by atoms with van der Waals surface area (Å²) in [6.07, 6.45) is 3.43. The molecule has 1 unspecified atom stereocenters. The highest BCUT2D eigenvalue weighted by molar-refractivity contribution is 7.08. The molecule has 0 radical (unpaired) electrons. The van der Waals surface area contributed by atoms with Gasteiger partial charge in [-0.2, -0.15) is 16.4 Å². The first kappa shape index (κ1) is 24.2. The van der Waals surface area contributed by atoms with Gasteiger partial charge in [-0.1, -0.05) is 44.2 Å². The minimum atomic E-state index is -0.00739. The van der Waals surface area contributed by atoms with Crippen LogP contribution in [0.5, 0.6) is 0 Å². The number of thiophene rings is 1. The molecule has 4 rings (SSSR count). The number of nitrogens with one attached hydrogen (secondary N) is 1. The molecule has 7 heteroatoms. The molecule has 1 aliphatic heterocycles. The number of piperidine rings is 1. The van der Waals surface area contributed by atoms with Crippen LogP contribution in [0.25, 0.3) is 0 Å². The van der Waals surface area contributed by atoms with E-state index in [0.717, 1.165) is 36.9 Å². The summed E-state index contributed by atoms with van der Waals surface area (Å²) in [5.41, 5.74) is 3.48. The highest BCUT2D eigenvalue weighted by Crippen LogP contribution is 2.28. The number of carbonyl (C=O) groups excluding carboxylic acids is 2. The van der Waals surface area contributed by atoms with Crippen molar-refractivity contribution in [1.82, 2.24) is 20.0 Å². The fraction of sp³-hybridized carbons (Fsp3) is 0.444. The standard InChI is InChI=1S/C27H34N4O2S/c1-19(2)15-23-17-24(29-28-23)27(33)31-12-9-21(10-13-31)25(16-20-7-5-4-6-8-20)30(3)26(32)22-11-14-34-18-22/h4-8,11,14,17-19,21,25H,9-10,12-13,15-16H2,1-3H3,(H,28,29). The smallest absolute Gasteiger partial charge is 0.274 e. The summed E-state index contributed by atoms with van der Waals surface area (Å²) in [7, 11) is 1.92. The molecule has 1 saturated heterocycles. The van der Waals surface area contributed by atoms with E-state index in [9.17, 15) is 9.59 Å². The molecule has 0 saturated carbocycles. The second-order valence-electron chi connectivity index (χ2n) is 9.69. The number of likely N-dealkylation sites (N-methyl/N-ethyl adjacent to an activating group) is 1. The summed E-state index contributed by atoms with van der Waals surface area (Å²) in [6, 6.07) is 14.2. The molecule has 2 amide bonds. The van der Waals surface area contributed by atoms with Gasteiger partial charge < -0.3 is 9.80 Å². The maximum atomic E-state index is 13.2. The maximum Gasteiger partial charge on any atom is 0.274 e. The van der Waals surface area contributed by atoms with E-state index in [1.807, 2.05) is 57.9 Å². The van der Waals surface area contributed by atoms with Gasteiger partial charge in [-0.15, -0.1) is 0 Å². The van der Waals surface area contributed by atoms with Crippen molar-refractivity contribution in [2.45, 2.75) is 45.6 Å². The zero-order chi connectivity index (χ0) is 24.1. The quantitative estimate of drug-likeness (QED) is 0.500. The molecule has 6 nitrogen and oxygen atoms in total. The largest absolute Gasteiger partial charge is 0.338 e. The SMILES string of the molecule is CC(C)Cc1cc(C(=O)N2CCC(C(Cc3ccccc3)N(C)C(=O)c3ccsc3)CC2)n[nH]1. The molecule has 180 valence electrons. The minimum absolute atomic E-state index is 0.00739. The Morgan fingerprint density at radius 2 is 1.88 bits per heavy atom. The van der Waals surface area contributed by atoms with Crippen molar-refractivity contribution in [3.63, 3.8) is 0 Å². The minimum Gasteiger partial charge on any atom is -0.338 e.